The monoisotopic (exact) mass is 395 g/mol. The van der Waals surface area contributed by atoms with Crippen molar-refractivity contribution in [3.05, 3.63) is 74.8 Å². The lowest BCUT2D eigenvalue weighted by Gasteiger charge is -2.31. The Balaban J connectivity index is 1.74. The molecule has 0 aromatic heterocycles. The van der Waals surface area contributed by atoms with Gasteiger partial charge in [0.1, 0.15) is 5.41 Å². The molecular formula is C20H14Cl2F3N. The summed E-state index contributed by atoms with van der Waals surface area (Å²) in [5.41, 5.74) is 1.36. The zero-order valence-electron chi connectivity index (χ0n) is 13.6. The molecule has 0 fully saturated rings. The number of allylic oxidation sites excluding steroid dienone is 1. The quantitative estimate of drug-likeness (QED) is 0.569. The van der Waals surface area contributed by atoms with Crippen LogP contribution in [-0.4, -0.2) is 18.4 Å². The maximum atomic E-state index is 14.1. The van der Waals surface area contributed by atoms with Crippen LogP contribution in [0.25, 0.3) is 6.08 Å². The molecule has 134 valence electrons. The molecule has 0 radical (unpaired) electrons. The van der Waals surface area contributed by atoms with Crippen LogP contribution >= 0.6 is 23.2 Å². The third kappa shape index (κ3) is 2.85. The summed E-state index contributed by atoms with van der Waals surface area (Å²) in [5, 5.41) is 0.375. The molecule has 2 aromatic rings. The lowest BCUT2D eigenvalue weighted by atomic mass is 9.76. The van der Waals surface area contributed by atoms with Gasteiger partial charge >= 0.3 is 6.18 Å². The second kappa shape index (κ2) is 6.14. The molecule has 26 heavy (non-hydrogen) atoms. The lowest BCUT2D eigenvalue weighted by Crippen LogP contribution is -2.43. The van der Waals surface area contributed by atoms with Gasteiger partial charge in [0.2, 0.25) is 0 Å². The van der Waals surface area contributed by atoms with Crippen molar-refractivity contribution < 1.29 is 13.2 Å². The van der Waals surface area contributed by atoms with Gasteiger partial charge in [0.05, 0.1) is 6.54 Å². The number of halogens is 5. The van der Waals surface area contributed by atoms with Crippen molar-refractivity contribution in [3.8, 4) is 0 Å². The lowest BCUT2D eigenvalue weighted by molar-refractivity contribution is -0.183. The highest BCUT2D eigenvalue weighted by molar-refractivity contribution is 6.34. The van der Waals surface area contributed by atoms with Gasteiger partial charge in [-0.1, -0.05) is 47.5 Å². The summed E-state index contributed by atoms with van der Waals surface area (Å²) in [6.45, 7) is -0.366. The van der Waals surface area contributed by atoms with Crippen LogP contribution in [0, 0.1) is 0 Å². The molecule has 1 aliphatic carbocycles. The van der Waals surface area contributed by atoms with E-state index in [1.165, 1.54) is 23.8 Å². The fraction of sp³-hybridized carbons (Fsp3) is 0.250. The van der Waals surface area contributed by atoms with Crippen molar-refractivity contribution in [1.29, 1.82) is 0 Å². The smallest absolute Gasteiger partial charge is 0.288 e. The van der Waals surface area contributed by atoms with E-state index in [2.05, 4.69) is 4.99 Å². The second-order valence-corrected chi connectivity index (χ2v) is 7.57. The van der Waals surface area contributed by atoms with Gasteiger partial charge in [-0.3, -0.25) is 4.99 Å². The first-order valence-electron chi connectivity index (χ1n) is 8.15. The van der Waals surface area contributed by atoms with Crippen molar-refractivity contribution >= 4 is 35.0 Å². The highest BCUT2D eigenvalue weighted by Crippen LogP contribution is 2.48. The summed E-state index contributed by atoms with van der Waals surface area (Å²) in [5.74, 6) is 0. The van der Waals surface area contributed by atoms with Gasteiger partial charge in [-0.2, -0.15) is 13.2 Å². The van der Waals surface area contributed by atoms with Gasteiger partial charge in [0, 0.05) is 22.2 Å². The molecule has 0 N–H and O–H groups in total. The number of rotatable bonds is 2. The molecule has 1 nitrogen and oxygen atoms in total. The predicted molar refractivity (Wildman–Crippen MR) is 99.4 cm³/mol. The number of hydrogen-bond donors (Lipinski definition) is 0. The van der Waals surface area contributed by atoms with Crippen LogP contribution in [0.15, 0.2) is 47.5 Å². The summed E-state index contributed by atoms with van der Waals surface area (Å²) < 4.78 is 42.3. The van der Waals surface area contributed by atoms with E-state index >= 15 is 0 Å². The third-order valence-corrected chi connectivity index (χ3v) is 5.52. The first-order valence-corrected chi connectivity index (χ1v) is 8.91. The number of aliphatic imine (C=N–C) groups is 1. The van der Waals surface area contributed by atoms with Gasteiger partial charge in [-0.15, -0.1) is 0 Å². The highest BCUT2D eigenvalue weighted by atomic mass is 35.5. The predicted octanol–water partition coefficient (Wildman–Crippen LogP) is 6.26. The van der Waals surface area contributed by atoms with E-state index < -0.39 is 11.6 Å². The van der Waals surface area contributed by atoms with Crippen LogP contribution in [0.3, 0.4) is 0 Å². The van der Waals surface area contributed by atoms with Crippen molar-refractivity contribution in [3.63, 3.8) is 0 Å². The summed E-state index contributed by atoms with van der Waals surface area (Å²) in [4.78, 5) is 4.27. The van der Waals surface area contributed by atoms with E-state index in [9.17, 15) is 13.2 Å². The molecule has 1 aliphatic heterocycles. The van der Waals surface area contributed by atoms with Crippen LogP contribution in [0.2, 0.25) is 10.0 Å². The zero-order chi connectivity index (χ0) is 18.5. The summed E-state index contributed by atoms with van der Waals surface area (Å²) in [6.07, 6.45) is 0.190. The van der Waals surface area contributed by atoms with Crippen molar-refractivity contribution in [2.45, 2.75) is 24.4 Å². The largest absolute Gasteiger partial charge is 0.400 e. The van der Waals surface area contributed by atoms with Gasteiger partial charge in [-0.25, -0.2) is 0 Å². The number of benzene rings is 2. The minimum Gasteiger partial charge on any atom is -0.288 e. The molecule has 1 heterocycles. The molecule has 0 saturated carbocycles. The molecule has 2 aromatic carbocycles. The Kier molecular flexibility index (Phi) is 4.16. The van der Waals surface area contributed by atoms with E-state index in [0.29, 0.717) is 5.71 Å². The molecule has 1 unspecified atom stereocenters. The number of fused-ring (bicyclic) bond motifs is 1. The Morgan fingerprint density at radius 1 is 1.00 bits per heavy atom. The minimum absolute atomic E-state index is 0.0577. The molecule has 0 saturated heterocycles. The number of alkyl halides is 3. The van der Waals surface area contributed by atoms with E-state index in [1.807, 2.05) is 30.4 Å². The molecule has 0 bridgehead atoms. The van der Waals surface area contributed by atoms with E-state index in [0.717, 1.165) is 17.5 Å². The molecule has 2 aliphatic rings. The Morgan fingerprint density at radius 3 is 2.42 bits per heavy atom. The standard InChI is InChI=1S/C20H14Cl2F3N/c21-16-7-15(8-17(22)9-16)19(20(23,24)25)10-18(26-11-19)14-5-4-12-2-1-3-13(12)6-14/h1,3-9H,2,10-11H2. The van der Waals surface area contributed by atoms with Crippen LogP contribution in [0.5, 0.6) is 0 Å². The van der Waals surface area contributed by atoms with E-state index in [1.54, 1.807) is 0 Å². The summed E-state index contributed by atoms with van der Waals surface area (Å²) in [6, 6.07) is 9.82. The van der Waals surface area contributed by atoms with Gasteiger partial charge < -0.3 is 0 Å². The molecule has 4 rings (SSSR count). The average molecular weight is 396 g/mol. The molecule has 6 heteroatoms. The van der Waals surface area contributed by atoms with Crippen molar-refractivity contribution in [2.24, 2.45) is 4.99 Å². The summed E-state index contributed by atoms with van der Waals surface area (Å²) in [7, 11) is 0. The van der Waals surface area contributed by atoms with Crippen molar-refractivity contribution in [1.82, 2.24) is 0 Å². The normalized spacial score (nSPS) is 21.8. The van der Waals surface area contributed by atoms with Crippen LogP contribution in [0.1, 0.15) is 28.7 Å². The first-order chi connectivity index (χ1) is 12.3. The summed E-state index contributed by atoms with van der Waals surface area (Å²) >= 11 is 11.9. The second-order valence-electron chi connectivity index (χ2n) is 6.70. The fourth-order valence-corrected chi connectivity index (χ4v) is 4.15. The zero-order valence-corrected chi connectivity index (χ0v) is 15.1. The minimum atomic E-state index is -4.47. The molecular weight excluding hydrogens is 382 g/mol. The highest BCUT2D eigenvalue weighted by Gasteiger charge is 2.58. The third-order valence-electron chi connectivity index (χ3n) is 5.08. The van der Waals surface area contributed by atoms with Crippen molar-refractivity contribution in [2.75, 3.05) is 6.54 Å². The number of nitrogens with zero attached hydrogens (tertiary/aromatic N) is 1. The Hall–Kier alpha value is -1.78. The fourth-order valence-electron chi connectivity index (χ4n) is 3.63. The van der Waals surface area contributed by atoms with Gasteiger partial charge in [0.15, 0.2) is 0 Å². The molecule has 1 atom stereocenters. The molecule has 0 spiro atoms. The average Bonchev–Trinajstić information content (AvgIpc) is 3.20. The Morgan fingerprint density at radius 2 is 1.73 bits per heavy atom. The Bertz CT molecular complexity index is 926. The molecule has 0 amide bonds. The first kappa shape index (κ1) is 17.6. The van der Waals surface area contributed by atoms with Gasteiger partial charge in [0.25, 0.3) is 0 Å². The maximum Gasteiger partial charge on any atom is 0.400 e. The van der Waals surface area contributed by atoms with Crippen LogP contribution in [-0.2, 0) is 11.8 Å². The van der Waals surface area contributed by atoms with Gasteiger partial charge in [-0.05, 0) is 52.9 Å². The van der Waals surface area contributed by atoms with E-state index in [-0.39, 0.29) is 28.6 Å². The number of hydrogen-bond acceptors (Lipinski definition) is 1. The Labute approximate surface area is 159 Å². The maximum absolute atomic E-state index is 14.1. The van der Waals surface area contributed by atoms with E-state index in [4.69, 9.17) is 23.2 Å². The van der Waals surface area contributed by atoms with Crippen LogP contribution in [0.4, 0.5) is 13.2 Å². The van der Waals surface area contributed by atoms with Crippen LogP contribution < -0.4 is 0 Å². The topological polar surface area (TPSA) is 12.4 Å². The SMILES string of the molecule is FC(F)(F)C1(c2cc(Cl)cc(Cl)c2)CN=C(c2ccc3c(c2)C=CC3)C1.